The molecular weight excluding hydrogens is 364 g/mol. The van der Waals surface area contributed by atoms with Crippen LogP contribution < -0.4 is 10.6 Å². The highest BCUT2D eigenvalue weighted by Gasteiger charge is 2.29. The van der Waals surface area contributed by atoms with Crippen molar-refractivity contribution in [2.24, 2.45) is 0 Å². The van der Waals surface area contributed by atoms with E-state index in [9.17, 15) is 19.6 Å². The Hall–Kier alpha value is -2.79. The normalized spacial score (nSPS) is 14.5. The van der Waals surface area contributed by atoms with Gasteiger partial charge in [0.05, 0.1) is 5.75 Å². The van der Waals surface area contributed by atoms with Crippen molar-refractivity contribution >= 4 is 34.5 Å². The van der Waals surface area contributed by atoms with Crippen molar-refractivity contribution in [3.63, 3.8) is 0 Å². The number of amides is 3. The molecule has 1 aliphatic rings. The van der Waals surface area contributed by atoms with E-state index in [2.05, 4.69) is 10.6 Å². The van der Waals surface area contributed by atoms with E-state index < -0.39 is 5.91 Å². The highest BCUT2D eigenvalue weighted by atomic mass is 32.2. The summed E-state index contributed by atoms with van der Waals surface area (Å²) < 4.78 is 0. The van der Waals surface area contributed by atoms with E-state index in [0.29, 0.717) is 5.69 Å². The van der Waals surface area contributed by atoms with Gasteiger partial charge in [-0.2, -0.15) is 5.26 Å². The number of carbonyl (C=O) groups excluding carboxylic acids is 3. The van der Waals surface area contributed by atoms with Crippen LogP contribution in [0, 0.1) is 18.3 Å². The summed E-state index contributed by atoms with van der Waals surface area (Å²) in [6.45, 7) is 6.42. The van der Waals surface area contributed by atoms with Crippen LogP contribution in [0.2, 0.25) is 0 Å². The molecule has 0 aromatic heterocycles. The van der Waals surface area contributed by atoms with Crippen molar-refractivity contribution < 1.29 is 14.4 Å². The molecule has 0 aliphatic carbocycles. The Morgan fingerprint density at radius 1 is 1.41 bits per heavy atom. The lowest BCUT2D eigenvalue weighted by molar-refractivity contribution is -0.124. The van der Waals surface area contributed by atoms with Crippen molar-refractivity contribution in [1.29, 1.82) is 5.26 Å². The number of para-hydroxylation sites is 1. The summed E-state index contributed by atoms with van der Waals surface area (Å²) >= 11 is 0.971. The monoisotopic (exact) mass is 386 g/mol. The van der Waals surface area contributed by atoms with Gasteiger partial charge < -0.3 is 10.6 Å². The van der Waals surface area contributed by atoms with Gasteiger partial charge in [-0.3, -0.25) is 19.3 Å². The second-order valence-corrected chi connectivity index (χ2v) is 7.30. The first-order chi connectivity index (χ1) is 12.8. The van der Waals surface area contributed by atoms with Gasteiger partial charge in [0, 0.05) is 25.0 Å². The molecule has 0 bridgehead atoms. The molecule has 3 amide bonds. The lowest BCUT2D eigenvalue weighted by Crippen LogP contribution is -2.34. The van der Waals surface area contributed by atoms with E-state index >= 15 is 0 Å². The maximum atomic E-state index is 12.5. The van der Waals surface area contributed by atoms with Gasteiger partial charge in [0.1, 0.15) is 11.6 Å². The highest BCUT2D eigenvalue weighted by Crippen LogP contribution is 2.27. The van der Waals surface area contributed by atoms with Gasteiger partial charge in [0.25, 0.3) is 11.1 Å². The Morgan fingerprint density at radius 3 is 2.74 bits per heavy atom. The van der Waals surface area contributed by atoms with Gasteiger partial charge in [0.15, 0.2) is 0 Å². The fraction of sp³-hybridized carbons (Fsp3) is 0.368. The van der Waals surface area contributed by atoms with Gasteiger partial charge in [-0.05, 0) is 24.0 Å². The molecule has 1 aliphatic heterocycles. The number of anilines is 1. The standard InChI is InChI=1S/C19H22N4O3S/c1-12(2)15-6-4-5-13(3)17(15)22-18(25)14(9-20)10-21-7-8-23-16(24)11-27-19(23)26/h4-6,10,12,21H,7-8,11H2,1-3H3,(H,22,25)/b14-10-. The molecule has 1 saturated heterocycles. The molecule has 0 radical (unpaired) electrons. The first-order valence-corrected chi connectivity index (χ1v) is 9.55. The molecule has 7 nitrogen and oxygen atoms in total. The van der Waals surface area contributed by atoms with Gasteiger partial charge in [-0.1, -0.05) is 43.8 Å². The summed E-state index contributed by atoms with van der Waals surface area (Å²) in [5.74, 6) is -0.351. The van der Waals surface area contributed by atoms with Crippen molar-refractivity contribution in [3.8, 4) is 6.07 Å². The first kappa shape index (κ1) is 20.5. The minimum absolute atomic E-state index is 0.0820. The molecule has 1 aromatic rings. The molecule has 0 saturated carbocycles. The van der Waals surface area contributed by atoms with Crippen LogP contribution in [-0.4, -0.2) is 40.8 Å². The summed E-state index contributed by atoms with van der Waals surface area (Å²) in [6.07, 6.45) is 1.31. The maximum absolute atomic E-state index is 12.5. The quantitative estimate of drug-likeness (QED) is 0.424. The van der Waals surface area contributed by atoms with E-state index in [0.717, 1.165) is 27.8 Å². The average molecular weight is 386 g/mol. The Bertz CT molecular complexity index is 811. The number of rotatable bonds is 7. The van der Waals surface area contributed by atoms with Crippen LogP contribution in [-0.2, 0) is 9.59 Å². The number of hydrogen-bond acceptors (Lipinski definition) is 6. The predicted octanol–water partition coefficient (Wildman–Crippen LogP) is 2.75. The second kappa shape index (κ2) is 9.24. The summed E-state index contributed by atoms with van der Waals surface area (Å²) in [5.41, 5.74) is 2.55. The zero-order valence-corrected chi connectivity index (χ0v) is 16.4. The number of thioether (sulfide) groups is 1. The van der Waals surface area contributed by atoms with Crippen molar-refractivity contribution in [2.45, 2.75) is 26.7 Å². The fourth-order valence-corrected chi connectivity index (χ4v) is 3.37. The smallest absolute Gasteiger partial charge is 0.288 e. The molecule has 0 atom stereocenters. The van der Waals surface area contributed by atoms with Crippen molar-refractivity contribution in [3.05, 3.63) is 41.1 Å². The van der Waals surface area contributed by atoms with Crippen molar-refractivity contribution in [2.75, 3.05) is 24.2 Å². The summed E-state index contributed by atoms with van der Waals surface area (Å²) in [5, 5.41) is 14.6. The molecule has 8 heteroatoms. The van der Waals surface area contributed by atoms with Gasteiger partial charge in [-0.15, -0.1) is 0 Å². The molecule has 1 aromatic carbocycles. The predicted molar refractivity (Wildman–Crippen MR) is 105 cm³/mol. The van der Waals surface area contributed by atoms with Gasteiger partial charge in [0.2, 0.25) is 5.91 Å². The van der Waals surface area contributed by atoms with Crippen LogP contribution in [0.3, 0.4) is 0 Å². The molecule has 2 rings (SSSR count). The van der Waals surface area contributed by atoms with Crippen molar-refractivity contribution in [1.82, 2.24) is 10.2 Å². The molecule has 1 fully saturated rings. The Balaban J connectivity index is 2.00. The number of hydrogen-bond donors (Lipinski definition) is 2. The largest absolute Gasteiger partial charge is 0.388 e. The molecule has 0 unspecified atom stereocenters. The third-order valence-corrected chi connectivity index (χ3v) is 4.96. The Labute approximate surface area is 162 Å². The molecule has 1 heterocycles. The van der Waals surface area contributed by atoms with Crippen LogP contribution in [0.15, 0.2) is 30.0 Å². The minimum Gasteiger partial charge on any atom is -0.388 e. The lowest BCUT2D eigenvalue weighted by Gasteiger charge is -2.16. The SMILES string of the molecule is Cc1cccc(C(C)C)c1NC(=O)/C(C#N)=C\NCCN1C(=O)CSC1=O. The molecule has 27 heavy (non-hydrogen) atoms. The van der Waals surface area contributed by atoms with Crippen LogP contribution in [0.1, 0.15) is 30.9 Å². The summed E-state index contributed by atoms with van der Waals surface area (Å²) in [4.78, 5) is 36.6. The zero-order chi connectivity index (χ0) is 20.0. The number of aryl methyl sites for hydroxylation is 1. The van der Waals surface area contributed by atoms with E-state index in [1.54, 1.807) is 0 Å². The Kier molecular flexibility index (Phi) is 7.02. The number of benzene rings is 1. The van der Waals surface area contributed by atoms with E-state index in [1.165, 1.54) is 6.20 Å². The third kappa shape index (κ3) is 5.11. The Morgan fingerprint density at radius 2 is 2.15 bits per heavy atom. The van der Waals surface area contributed by atoms with Crippen LogP contribution in [0.4, 0.5) is 10.5 Å². The van der Waals surface area contributed by atoms with Gasteiger partial charge in [-0.25, -0.2) is 0 Å². The fourth-order valence-electron chi connectivity index (χ4n) is 2.62. The number of imide groups is 1. The molecule has 2 N–H and O–H groups in total. The minimum atomic E-state index is -0.509. The molecule has 0 spiro atoms. The van der Waals surface area contributed by atoms with Crippen LogP contribution in [0.5, 0.6) is 0 Å². The number of nitrogens with zero attached hydrogens (tertiary/aromatic N) is 2. The topological polar surface area (TPSA) is 102 Å². The average Bonchev–Trinajstić information content (AvgIpc) is 2.94. The number of carbonyl (C=O) groups is 3. The van der Waals surface area contributed by atoms with E-state index in [-0.39, 0.29) is 41.5 Å². The van der Waals surface area contributed by atoms with Crippen LogP contribution in [0.25, 0.3) is 0 Å². The third-order valence-electron chi connectivity index (χ3n) is 4.10. The van der Waals surface area contributed by atoms with E-state index in [4.69, 9.17) is 0 Å². The maximum Gasteiger partial charge on any atom is 0.288 e. The summed E-state index contributed by atoms with van der Waals surface area (Å²) in [7, 11) is 0. The molecule has 142 valence electrons. The van der Waals surface area contributed by atoms with Crippen LogP contribution >= 0.6 is 11.8 Å². The first-order valence-electron chi connectivity index (χ1n) is 8.56. The lowest BCUT2D eigenvalue weighted by atomic mass is 9.98. The zero-order valence-electron chi connectivity index (χ0n) is 15.5. The van der Waals surface area contributed by atoms with E-state index in [1.807, 2.05) is 45.0 Å². The highest BCUT2D eigenvalue weighted by molar-refractivity contribution is 8.14. The second-order valence-electron chi connectivity index (χ2n) is 6.37. The number of nitrogens with one attached hydrogen (secondary N) is 2. The summed E-state index contributed by atoms with van der Waals surface area (Å²) in [6, 6.07) is 7.65. The van der Waals surface area contributed by atoms with Gasteiger partial charge >= 0.3 is 0 Å². The molecular formula is C19H22N4O3S. The number of nitriles is 1.